The first-order chi connectivity index (χ1) is 7.19. The third-order valence-corrected chi connectivity index (χ3v) is 3.96. The topological polar surface area (TPSA) is 0 Å². The molecule has 1 atom stereocenters. The van der Waals surface area contributed by atoms with Crippen LogP contribution in [0.2, 0.25) is 0 Å². The zero-order valence-corrected chi connectivity index (χ0v) is 12.5. The molecule has 0 radical (unpaired) electrons. The molecule has 0 aromatic heterocycles. The van der Waals surface area contributed by atoms with Gasteiger partial charge in [0.1, 0.15) is 0 Å². The summed E-state index contributed by atoms with van der Waals surface area (Å²) in [5, 5.41) is 2.11. The molecule has 0 amide bonds. The van der Waals surface area contributed by atoms with E-state index in [-0.39, 0.29) is 0 Å². The number of hydrogen-bond donors (Lipinski definition) is 0. The highest BCUT2D eigenvalue weighted by molar-refractivity contribution is 9.09. The summed E-state index contributed by atoms with van der Waals surface area (Å²) in [6.45, 7) is 4.46. The monoisotopic (exact) mass is 332 g/mol. The Morgan fingerprint density at radius 2 is 1.53 bits per heavy atom. The Labute approximate surface area is 110 Å². The Hall–Kier alpha value is 0.180. The van der Waals surface area contributed by atoms with Crippen molar-refractivity contribution in [2.24, 2.45) is 0 Å². The maximum atomic E-state index is 3.58. The van der Waals surface area contributed by atoms with Gasteiger partial charge in [0.2, 0.25) is 0 Å². The maximum Gasteiger partial charge on any atom is 0.0100 e. The SMILES string of the molecule is CC(C)c1ccc(C(CBr)CCBr)cc1. The van der Waals surface area contributed by atoms with Gasteiger partial charge < -0.3 is 0 Å². The van der Waals surface area contributed by atoms with E-state index in [4.69, 9.17) is 0 Å². The van der Waals surface area contributed by atoms with E-state index in [9.17, 15) is 0 Å². The molecule has 1 aromatic carbocycles. The summed E-state index contributed by atoms with van der Waals surface area (Å²) in [6.07, 6.45) is 1.19. The fourth-order valence-electron chi connectivity index (χ4n) is 1.62. The van der Waals surface area contributed by atoms with Gasteiger partial charge in [-0.3, -0.25) is 0 Å². The molecule has 15 heavy (non-hydrogen) atoms. The fourth-order valence-corrected chi connectivity index (χ4v) is 2.87. The predicted molar refractivity (Wildman–Crippen MR) is 75.5 cm³/mol. The number of alkyl halides is 2. The second-order valence-corrected chi connectivity index (χ2v) is 5.59. The van der Waals surface area contributed by atoms with Crippen LogP contribution >= 0.6 is 31.9 Å². The van der Waals surface area contributed by atoms with Gasteiger partial charge in [-0.15, -0.1) is 0 Å². The van der Waals surface area contributed by atoms with Crippen molar-refractivity contribution in [3.05, 3.63) is 35.4 Å². The van der Waals surface area contributed by atoms with Crippen molar-refractivity contribution in [3.8, 4) is 0 Å². The molecule has 0 nitrogen and oxygen atoms in total. The minimum atomic E-state index is 0.623. The van der Waals surface area contributed by atoms with E-state index >= 15 is 0 Å². The molecule has 0 aliphatic carbocycles. The standard InChI is InChI=1S/C13H18Br2/c1-10(2)11-3-5-12(6-4-11)13(9-15)7-8-14/h3-6,10,13H,7-9H2,1-2H3. The van der Waals surface area contributed by atoms with E-state index in [0.717, 1.165) is 10.7 Å². The van der Waals surface area contributed by atoms with Crippen LogP contribution in [-0.4, -0.2) is 10.7 Å². The van der Waals surface area contributed by atoms with Crippen molar-refractivity contribution in [2.75, 3.05) is 10.7 Å². The molecule has 0 bridgehead atoms. The van der Waals surface area contributed by atoms with Crippen molar-refractivity contribution in [2.45, 2.75) is 32.1 Å². The van der Waals surface area contributed by atoms with E-state index in [1.54, 1.807) is 0 Å². The normalized spacial score (nSPS) is 13.1. The average molecular weight is 334 g/mol. The van der Waals surface area contributed by atoms with Crippen LogP contribution in [0, 0.1) is 0 Å². The molecule has 0 aliphatic heterocycles. The molecule has 0 spiro atoms. The van der Waals surface area contributed by atoms with Crippen molar-refractivity contribution < 1.29 is 0 Å². The molecule has 1 unspecified atom stereocenters. The Morgan fingerprint density at radius 1 is 1.00 bits per heavy atom. The number of benzene rings is 1. The molecule has 1 aromatic rings. The summed E-state index contributed by atoms with van der Waals surface area (Å²) in [5.41, 5.74) is 2.86. The largest absolute Gasteiger partial charge is 0.0928 e. The van der Waals surface area contributed by atoms with Crippen molar-refractivity contribution in [1.82, 2.24) is 0 Å². The number of rotatable bonds is 5. The lowest BCUT2D eigenvalue weighted by molar-refractivity contribution is 0.757. The van der Waals surface area contributed by atoms with Crippen molar-refractivity contribution in [3.63, 3.8) is 0 Å². The molecule has 1 rings (SSSR count). The number of hydrogen-bond acceptors (Lipinski definition) is 0. The van der Waals surface area contributed by atoms with Gasteiger partial charge in [0.15, 0.2) is 0 Å². The van der Waals surface area contributed by atoms with Gasteiger partial charge in [-0.2, -0.15) is 0 Å². The third kappa shape index (κ3) is 3.92. The van der Waals surface area contributed by atoms with Crippen LogP contribution in [0.1, 0.15) is 43.2 Å². The molecule has 0 aliphatic rings. The highest BCUT2D eigenvalue weighted by Gasteiger charge is 2.09. The molecule has 0 saturated heterocycles. The zero-order valence-electron chi connectivity index (χ0n) is 9.34. The van der Waals surface area contributed by atoms with Crippen LogP contribution in [-0.2, 0) is 0 Å². The smallest absolute Gasteiger partial charge is 0.0100 e. The van der Waals surface area contributed by atoms with E-state index in [1.165, 1.54) is 17.5 Å². The molecular weight excluding hydrogens is 316 g/mol. The molecule has 0 heterocycles. The van der Waals surface area contributed by atoms with E-state index < -0.39 is 0 Å². The van der Waals surface area contributed by atoms with E-state index in [0.29, 0.717) is 11.8 Å². The summed E-state index contributed by atoms with van der Waals surface area (Å²) in [7, 11) is 0. The van der Waals surface area contributed by atoms with Crippen LogP contribution in [0.25, 0.3) is 0 Å². The highest BCUT2D eigenvalue weighted by atomic mass is 79.9. The zero-order chi connectivity index (χ0) is 11.3. The Balaban J connectivity index is 2.77. The Kier molecular flexibility index (Phi) is 5.91. The lowest BCUT2D eigenvalue weighted by Crippen LogP contribution is -2.01. The summed E-state index contributed by atoms with van der Waals surface area (Å²) in [5.74, 6) is 1.25. The maximum absolute atomic E-state index is 3.58. The summed E-state index contributed by atoms with van der Waals surface area (Å²) >= 11 is 7.09. The fraction of sp³-hybridized carbons (Fsp3) is 0.538. The second kappa shape index (κ2) is 6.70. The number of halogens is 2. The first kappa shape index (κ1) is 13.2. The minimum Gasteiger partial charge on any atom is -0.0928 e. The molecule has 2 heteroatoms. The summed E-state index contributed by atoms with van der Waals surface area (Å²) < 4.78 is 0. The molecular formula is C13H18Br2. The highest BCUT2D eigenvalue weighted by Crippen LogP contribution is 2.24. The average Bonchev–Trinajstić information content (AvgIpc) is 2.26. The van der Waals surface area contributed by atoms with Gasteiger partial charge in [0.25, 0.3) is 0 Å². The molecule has 84 valence electrons. The summed E-state index contributed by atoms with van der Waals surface area (Å²) in [6, 6.07) is 9.04. The van der Waals surface area contributed by atoms with E-state index in [2.05, 4.69) is 70.0 Å². The van der Waals surface area contributed by atoms with Crippen LogP contribution < -0.4 is 0 Å². The van der Waals surface area contributed by atoms with Crippen molar-refractivity contribution >= 4 is 31.9 Å². The first-order valence-corrected chi connectivity index (χ1v) is 7.65. The van der Waals surface area contributed by atoms with Gasteiger partial charge in [0, 0.05) is 10.7 Å². The van der Waals surface area contributed by atoms with Crippen LogP contribution in [0.3, 0.4) is 0 Å². The summed E-state index contributed by atoms with van der Waals surface area (Å²) in [4.78, 5) is 0. The van der Waals surface area contributed by atoms with Crippen LogP contribution in [0.4, 0.5) is 0 Å². The lowest BCUT2D eigenvalue weighted by atomic mass is 9.95. The second-order valence-electron chi connectivity index (χ2n) is 4.15. The Morgan fingerprint density at radius 3 is 1.93 bits per heavy atom. The van der Waals surface area contributed by atoms with Gasteiger partial charge in [0.05, 0.1) is 0 Å². The molecule has 0 saturated carbocycles. The Bertz CT molecular complexity index is 277. The van der Waals surface area contributed by atoms with Gasteiger partial charge in [-0.1, -0.05) is 70.0 Å². The van der Waals surface area contributed by atoms with E-state index in [1.807, 2.05) is 0 Å². The van der Waals surface area contributed by atoms with Crippen molar-refractivity contribution in [1.29, 1.82) is 0 Å². The quantitative estimate of drug-likeness (QED) is 0.659. The molecule has 0 fully saturated rings. The van der Waals surface area contributed by atoms with Gasteiger partial charge >= 0.3 is 0 Å². The third-order valence-electron chi connectivity index (χ3n) is 2.72. The predicted octanol–water partition coefficient (Wildman–Crippen LogP) is 5.07. The van der Waals surface area contributed by atoms with Gasteiger partial charge in [-0.05, 0) is 29.4 Å². The minimum absolute atomic E-state index is 0.623. The van der Waals surface area contributed by atoms with Crippen LogP contribution in [0.5, 0.6) is 0 Å². The van der Waals surface area contributed by atoms with Crippen LogP contribution in [0.15, 0.2) is 24.3 Å². The molecule has 0 N–H and O–H groups in total. The van der Waals surface area contributed by atoms with Gasteiger partial charge in [-0.25, -0.2) is 0 Å². The first-order valence-electron chi connectivity index (χ1n) is 5.40. The lowest BCUT2D eigenvalue weighted by Gasteiger charge is -2.14.